The third-order valence-electron chi connectivity index (χ3n) is 2.91. The summed E-state index contributed by atoms with van der Waals surface area (Å²) in [5.41, 5.74) is 4.41. The Morgan fingerprint density at radius 3 is 3.10 bits per heavy atom. The number of hydrazine groups is 1. The number of anilines is 1. The van der Waals surface area contributed by atoms with Gasteiger partial charge in [-0.05, 0) is 43.7 Å². The first-order valence-corrected chi connectivity index (χ1v) is 6.51. The molecule has 0 spiro atoms. The fourth-order valence-electron chi connectivity index (χ4n) is 2.02. The van der Waals surface area contributed by atoms with Crippen LogP contribution in [0.2, 0.25) is 0 Å². The molecule has 104 valence electrons. The van der Waals surface area contributed by atoms with Gasteiger partial charge in [-0.25, -0.2) is 14.8 Å². The van der Waals surface area contributed by atoms with Crippen molar-refractivity contribution >= 4 is 5.82 Å². The van der Waals surface area contributed by atoms with Crippen molar-refractivity contribution in [3.63, 3.8) is 0 Å². The molecule has 1 aliphatic heterocycles. The van der Waals surface area contributed by atoms with Crippen LogP contribution in [0.15, 0.2) is 72.9 Å². The van der Waals surface area contributed by atoms with Crippen LogP contribution in [0, 0.1) is 0 Å². The van der Waals surface area contributed by atoms with E-state index in [4.69, 9.17) is 0 Å². The van der Waals surface area contributed by atoms with E-state index in [1.807, 2.05) is 30.1 Å². The van der Waals surface area contributed by atoms with Crippen molar-refractivity contribution in [1.29, 1.82) is 0 Å². The van der Waals surface area contributed by atoms with E-state index in [9.17, 15) is 4.39 Å². The first-order chi connectivity index (χ1) is 9.70. The Bertz CT molecular complexity index is 546. The number of nitrogens with one attached hydrogen (secondary N) is 1. The Hall–Kier alpha value is -2.20. The summed E-state index contributed by atoms with van der Waals surface area (Å²) >= 11 is 0. The number of pyridine rings is 1. The van der Waals surface area contributed by atoms with Gasteiger partial charge in [0.25, 0.3) is 0 Å². The molecular formula is C16H18FN3. The SMILES string of the molecule is C=C/C=C(F)\C=C/CC1C=C(C)N(c2ccccn2)N1. The van der Waals surface area contributed by atoms with E-state index in [0.717, 1.165) is 11.5 Å². The fraction of sp³-hybridized carbons (Fsp3) is 0.188. The standard InChI is InChI=1S/C16H18FN3/c1-3-7-14(17)8-6-9-15-12-13(2)20(19-15)16-10-4-5-11-18-16/h3-8,10-12,15,19H,1,9H2,2H3/b8-6-,14-7+. The molecule has 0 saturated heterocycles. The van der Waals surface area contributed by atoms with Crippen LogP contribution in [0.5, 0.6) is 0 Å². The smallest absolute Gasteiger partial charge is 0.147 e. The van der Waals surface area contributed by atoms with Gasteiger partial charge in [-0.2, -0.15) is 0 Å². The van der Waals surface area contributed by atoms with E-state index < -0.39 is 0 Å². The summed E-state index contributed by atoms with van der Waals surface area (Å²) in [4.78, 5) is 4.30. The second-order valence-electron chi connectivity index (χ2n) is 4.49. The molecule has 4 heteroatoms. The lowest BCUT2D eigenvalue weighted by Crippen LogP contribution is -2.37. The maximum Gasteiger partial charge on any atom is 0.147 e. The van der Waals surface area contributed by atoms with Crippen molar-refractivity contribution in [3.8, 4) is 0 Å². The normalized spacial score (nSPS) is 19.5. The molecule has 1 aromatic heterocycles. The maximum atomic E-state index is 13.1. The molecular weight excluding hydrogens is 253 g/mol. The predicted molar refractivity (Wildman–Crippen MR) is 80.5 cm³/mol. The van der Waals surface area contributed by atoms with Crippen LogP contribution in [-0.4, -0.2) is 11.0 Å². The third-order valence-corrected chi connectivity index (χ3v) is 2.91. The number of allylic oxidation sites excluding steroid dienone is 5. The average molecular weight is 271 g/mol. The second kappa shape index (κ2) is 6.82. The van der Waals surface area contributed by atoms with Gasteiger partial charge >= 0.3 is 0 Å². The summed E-state index contributed by atoms with van der Waals surface area (Å²) in [6.07, 6.45) is 10.6. The summed E-state index contributed by atoms with van der Waals surface area (Å²) in [5, 5.41) is 1.94. The van der Waals surface area contributed by atoms with E-state index in [-0.39, 0.29) is 11.9 Å². The Kier molecular flexibility index (Phi) is 4.85. The van der Waals surface area contributed by atoms with Crippen molar-refractivity contribution in [2.75, 3.05) is 5.01 Å². The van der Waals surface area contributed by atoms with Crippen LogP contribution in [0.4, 0.5) is 10.2 Å². The molecule has 0 bridgehead atoms. The highest BCUT2D eigenvalue weighted by Crippen LogP contribution is 2.20. The molecule has 0 saturated carbocycles. The Morgan fingerprint density at radius 1 is 1.55 bits per heavy atom. The number of nitrogens with zero attached hydrogens (tertiary/aromatic N) is 2. The van der Waals surface area contributed by atoms with Crippen LogP contribution >= 0.6 is 0 Å². The first-order valence-electron chi connectivity index (χ1n) is 6.51. The fourth-order valence-corrected chi connectivity index (χ4v) is 2.02. The number of rotatable bonds is 5. The van der Waals surface area contributed by atoms with Gasteiger partial charge in [-0.1, -0.05) is 24.8 Å². The van der Waals surface area contributed by atoms with Crippen LogP contribution in [0.3, 0.4) is 0 Å². The van der Waals surface area contributed by atoms with Gasteiger partial charge in [0.2, 0.25) is 0 Å². The van der Waals surface area contributed by atoms with E-state index in [1.165, 1.54) is 18.2 Å². The van der Waals surface area contributed by atoms with Crippen LogP contribution < -0.4 is 10.4 Å². The zero-order valence-electron chi connectivity index (χ0n) is 11.5. The van der Waals surface area contributed by atoms with E-state index in [2.05, 4.69) is 23.1 Å². The van der Waals surface area contributed by atoms with Crippen LogP contribution in [-0.2, 0) is 0 Å². The molecule has 1 aliphatic rings. The highest BCUT2D eigenvalue weighted by atomic mass is 19.1. The molecule has 0 fully saturated rings. The Labute approximate surface area is 118 Å². The molecule has 0 radical (unpaired) electrons. The lowest BCUT2D eigenvalue weighted by atomic mass is 10.2. The summed E-state index contributed by atoms with van der Waals surface area (Å²) in [6.45, 7) is 5.47. The summed E-state index contributed by atoms with van der Waals surface area (Å²) < 4.78 is 13.1. The molecule has 20 heavy (non-hydrogen) atoms. The van der Waals surface area contributed by atoms with Crippen molar-refractivity contribution in [2.24, 2.45) is 0 Å². The van der Waals surface area contributed by atoms with Gasteiger partial charge < -0.3 is 0 Å². The lowest BCUT2D eigenvalue weighted by Gasteiger charge is -2.20. The molecule has 0 aliphatic carbocycles. The second-order valence-corrected chi connectivity index (χ2v) is 4.49. The number of hydrogen-bond acceptors (Lipinski definition) is 3. The molecule has 2 rings (SSSR count). The van der Waals surface area contributed by atoms with Gasteiger partial charge in [0.15, 0.2) is 0 Å². The van der Waals surface area contributed by atoms with Crippen molar-refractivity contribution in [3.05, 3.63) is 72.9 Å². The lowest BCUT2D eigenvalue weighted by molar-refractivity contribution is 0.628. The van der Waals surface area contributed by atoms with Crippen LogP contribution in [0.1, 0.15) is 13.3 Å². The maximum absolute atomic E-state index is 13.1. The summed E-state index contributed by atoms with van der Waals surface area (Å²) in [6, 6.07) is 5.91. The zero-order chi connectivity index (χ0) is 14.4. The first kappa shape index (κ1) is 14.2. The molecule has 2 heterocycles. The predicted octanol–water partition coefficient (Wildman–Crippen LogP) is 3.66. The minimum atomic E-state index is -0.291. The minimum absolute atomic E-state index is 0.143. The topological polar surface area (TPSA) is 28.2 Å². The zero-order valence-corrected chi connectivity index (χ0v) is 11.5. The van der Waals surface area contributed by atoms with E-state index >= 15 is 0 Å². The van der Waals surface area contributed by atoms with Gasteiger partial charge in [-0.15, -0.1) is 0 Å². The highest BCUT2D eigenvalue weighted by Gasteiger charge is 2.20. The van der Waals surface area contributed by atoms with Gasteiger partial charge in [0.05, 0.1) is 6.04 Å². The third kappa shape index (κ3) is 3.65. The molecule has 3 nitrogen and oxygen atoms in total. The number of halogens is 1. The van der Waals surface area contributed by atoms with Crippen LogP contribution in [0.25, 0.3) is 0 Å². The quantitative estimate of drug-likeness (QED) is 0.828. The molecule has 0 aromatic carbocycles. The van der Waals surface area contributed by atoms with Gasteiger partial charge in [0, 0.05) is 11.9 Å². The summed E-state index contributed by atoms with van der Waals surface area (Å²) in [7, 11) is 0. The minimum Gasteiger partial charge on any atom is -0.264 e. The molecule has 1 atom stereocenters. The Morgan fingerprint density at radius 2 is 2.40 bits per heavy atom. The number of aromatic nitrogens is 1. The van der Waals surface area contributed by atoms with E-state index in [0.29, 0.717) is 6.42 Å². The van der Waals surface area contributed by atoms with Gasteiger partial charge in [0.1, 0.15) is 11.6 Å². The highest BCUT2D eigenvalue weighted by molar-refractivity contribution is 5.46. The molecule has 1 N–H and O–H groups in total. The molecule has 0 amide bonds. The molecule has 1 unspecified atom stereocenters. The summed E-state index contributed by atoms with van der Waals surface area (Å²) in [5.74, 6) is 0.561. The van der Waals surface area contributed by atoms with Gasteiger partial charge in [-0.3, -0.25) is 5.01 Å². The monoisotopic (exact) mass is 271 g/mol. The average Bonchev–Trinajstić information content (AvgIpc) is 2.81. The largest absolute Gasteiger partial charge is 0.264 e. The van der Waals surface area contributed by atoms with Crippen molar-refractivity contribution in [2.45, 2.75) is 19.4 Å². The van der Waals surface area contributed by atoms with E-state index in [1.54, 1.807) is 12.3 Å². The van der Waals surface area contributed by atoms with Crippen molar-refractivity contribution < 1.29 is 4.39 Å². The number of hydrogen-bond donors (Lipinski definition) is 1. The Balaban J connectivity index is 1.95. The van der Waals surface area contributed by atoms with Crippen molar-refractivity contribution in [1.82, 2.24) is 10.4 Å². The molecule has 1 aromatic rings.